The van der Waals surface area contributed by atoms with Crippen molar-refractivity contribution in [1.82, 2.24) is 10.2 Å². The van der Waals surface area contributed by atoms with Crippen LogP contribution in [0, 0.1) is 0 Å². The molecule has 0 radical (unpaired) electrons. The normalized spacial score (nSPS) is 13.9. The van der Waals surface area contributed by atoms with Crippen LogP contribution in [0.3, 0.4) is 0 Å². The van der Waals surface area contributed by atoms with Crippen molar-refractivity contribution in [3.05, 3.63) is 0 Å². The summed E-state index contributed by atoms with van der Waals surface area (Å²) in [6.45, 7) is 12.1. The molecule has 0 saturated heterocycles. The fourth-order valence-corrected chi connectivity index (χ4v) is 1.48. The van der Waals surface area contributed by atoms with Crippen molar-refractivity contribution in [3.63, 3.8) is 0 Å². The van der Waals surface area contributed by atoms with Gasteiger partial charge in [0.2, 0.25) is 5.91 Å². The van der Waals surface area contributed by atoms with E-state index in [0.717, 1.165) is 13.0 Å². The lowest BCUT2D eigenvalue weighted by Gasteiger charge is -2.36. The van der Waals surface area contributed by atoms with E-state index in [9.17, 15) is 4.79 Å². The van der Waals surface area contributed by atoms with Gasteiger partial charge in [-0.25, -0.2) is 0 Å². The first-order chi connectivity index (χ1) is 7.37. The Labute approximate surface area is 99.6 Å². The molecule has 0 spiro atoms. The molecule has 0 saturated carbocycles. The molecular weight excluding hydrogens is 202 g/mol. The van der Waals surface area contributed by atoms with E-state index in [1.165, 1.54) is 0 Å². The molecule has 0 aromatic carbocycles. The van der Waals surface area contributed by atoms with E-state index in [1.807, 2.05) is 13.8 Å². The summed E-state index contributed by atoms with van der Waals surface area (Å²) in [4.78, 5) is 13.9. The first-order valence-corrected chi connectivity index (χ1v) is 6.11. The Bertz CT molecular complexity index is 216. The Balaban J connectivity index is 4.28. The molecule has 1 atom stereocenters. The second kappa shape index (κ2) is 6.86. The smallest absolute Gasteiger partial charge is 0.234 e. The predicted molar refractivity (Wildman–Crippen MR) is 68.3 cm³/mol. The van der Waals surface area contributed by atoms with Crippen LogP contribution < -0.4 is 11.1 Å². The Hall–Kier alpha value is -0.610. The van der Waals surface area contributed by atoms with Crippen molar-refractivity contribution in [1.29, 1.82) is 0 Å². The Kier molecular flexibility index (Phi) is 6.60. The van der Waals surface area contributed by atoms with Gasteiger partial charge in [-0.2, -0.15) is 0 Å². The van der Waals surface area contributed by atoms with Crippen LogP contribution in [0.2, 0.25) is 0 Å². The van der Waals surface area contributed by atoms with Crippen molar-refractivity contribution in [2.24, 2.45) is 5.73 Å². The van der Waals surface area contributed by atoms with Crippen molar-refractivity contribution in [3.8, 4) is 0 Å². The number of nitrogens with two attached hydrogens (primary N) is 1. The molecule has 96 valence electrons. The zero-order valence-electron chi connectivity index (χ0n) is 11.3. The van der Waals surface area contributed by atoms with Gasteiger partial charge in [-0.15, -0.1) is 0 Å². The van der Waals surface area contributed by atoms with E-state index in [0.29, 0.717) is 13.1 Å². The topological polar surface area (TPSA) is 58.4 Å². The van der Waals surface area contributed by atoms with Crippen LogP contribution in [0.15, 0.2) is 0 Å². The fraction of sp³-hybridized carbons (Fsp3) is 0.917. The van der Waals surface area contributed by atoms with Gasteiger partial charge in [0.1, 0.15) is 0 Å². The highest BCUT2D eigenvalue weighted by atomic mass is 16.2. The van der Waals surface area contributed by atoms with Crippen molar-refractivity contribution in [2.45, 2.75) is 52.6 Å². The molecule has 0 rings (SSSR count). The standard InChI is InChI=1S/C12H27N3O/c1-6-10(3)14-11(16)8-15(7-2)12(4,5)9-13/h10H,6-9,13H2,1-5H3,(H,14,16). The molecule has 1 amide bonds. The minimum Gasteiger partial charge on any atom is -0.353 e. The summed E-state index contributed by atoms with van der Waals surface area (Å²) in [5.74, 6) is 0.0812. The molecule has 4 nitrogen and oxygen atoms in total. The maximum atomic E-state index is 11.8. The van der Waals surface area contributed by atoms with Crippen molar-refractivity contribution in [2.75, 3.05) is 19.6 Å². The Morgan fingerprint density at radius 1 is 1.44 bits per heavy atom. The first kappa shape index (κ1) is 15.4. The molecule has 0 aromatic heterocycles. The predicted octanol–water partition coefficient (Wildman–Crippen LogP) is 0.960. The van der Waals surface area contributed by atoms with Gasteiger partial charge >= 0.3 is 0 Å². The lowest BCUT2D eigenvalue weighted by molar-refractivity contribution is -0.124. The van der Waals surface area contributed by atoms with E-state index in [4.69, 9.17) is 5.73 Å². The third kappa shape index (κ3) is 4.94. The molecule has 0 fully saturated rings. The van der Waals surface area contributed by atoms with E-state index in [-0.39, 0.29) is 17.5 Å². The van der Waals surface area contributed by atoms with Gasteiger partial charge in [0, 0.05) is 18.1 Å². The molecule has 0 aromatic rings. The van der Waals surface area contributed by atoms with Crippen molar-refractivity contribution >= 4 is 5.91 Å². The SMILES string of the molecule is CCC(C)NC(=O)CN(CC)C(C)(C)CN. The van der Waals surface area contributed by atoms with Crippen LogP contribution in [0.4, 0.5) is 0 Å². The van der Waals surface area contributed by atoms with Crippen LogP contribution in [0.5, 0.6) is 0 Å². The van der Waals surface area contributed by atoms with Gasteiger partial charge in [0.15, 0.2) is 0 Å². The van der Waals surface area contributed by atoms with Crippen molar-refractivity contribution < 1.29 is 4.79 Å². The molecule has 0 aliphatic rings. The van der Waals surface area contributed by atoms with Crippen LogP contribution in [0.1, 0.15) is 41.0 Å². The average Bonchev–Trinajstić information content (AvgIpc) is 2.25. The summed E-state index contributed by atoms with van der Waals surface area (Å²) >= 11 is 0. The summed E-state index contributed by atoms with van der Waals surface area (Å²) in [7, 11) is 0. The molecule has 0 heterocycles. The molecule has 16 heavy (non-hydrogen) atoms. The number of carbonyl (C=O) groups is 1. The maximum Gasteiger partial charge on any atom is 0.234 e. The molecule has 4 heteroatoms. The highest BCUT2D eigenvalue weighted by molar-refractivity contribution is 5.78. The summed E-state index contributed by atoms with van der Waals surface area (Å²) in [6.07, 6.45) is 0.956. The number of nitrogens with one attached hydrogen (secondary N) is 1. The number of likely N-dealkylation sites (N-methyl/N-ethyl adjacent to an activating group) is 1. The number of hydrogen-bond acceptors (Lipinski definition) is 3. The van der Waals surface area contributed by atoms with Crippen LogP contribution in [-0.4, -0.2) is 42.0 Å². The van der Waals surface area contributed by atoms with Gasteiger partial charge in [0.25, 0.3) is 0 Å². The van der Waals surface area contributed by atoms with Gasteiger partial charge in [-0.1, -0.05) is 13.8 Å². The molecular formula is C12H27N3O. The minimum atomic E-state index is -0.123. The van der Waals surface area contributed by atoms with Crippen LogP contribution in [-0.2, 0) is 4.79 Å². The quantitative estimate of drug-likeness (QED) is 0.683. The second-order valence-corrected chi connectivity index (χ2v) is 4.91. The minimum absolute atomic E-state index is 0.0812. The third-order valence-electron chi connectivity index (χ3n) is 3.09. The van der Waals surface area contributed by atoms with E-state index in [2.05, 4.69) is 31.0 Å². The highest BCUT2D eigenvalue weighted by Crippen LogP contribution is 2.11. The fourth-order valence-electron chi connectivity index (χ4n) is 1.48. The van der Waals surface area contributed by atoms with E-state index < -0.39 is 0 Å². The summed E-state index contributed by atoms with van der Waals surface area (Å²) in [5.41, 5.74) is 5.59. The summed E-state index contributed by atoms with van der Waals surface area (Å²) in [6, 6.07) is 0.243. The van der Waals surface area contributed by atoms with Crippen LogP contribution in [0.25, 0.3) is 0 Å². The average molecular weight is 229 g/mol. The van der Waals surface area contributed by atoms with E-state index >= 15 is 0 Å². The van der Waals surface area contributed by atoms with Gasteiger partial charge in [-0.3, -0.25) is 9.69 Å². The lowest BCUT2D eigenvalue weighted by atomic mass is 10.0. The molecule has 0 aliphatic heterocycles. The van der Waals surface area contributed by atoms with Crippen LogP contribution >= 0.6 is 0 Å². The largest absolute Gasteiger partial charge is 0.353 e. The van der Waals surface area contributed by atoms with Gasteiger partial charge in [-0.05, 0) is 33.7 Å². The lowest BCUT2D eigenvalue weighted by Crippen LogP contribution is -2.53. The Morgan fingerprint density at radius 2 is 2.00 bits per heavy atom. The third-order valence-corrected chi connectivity index (χ3v) is 3.09. The maximum absolute atomic E-state index is 11.8. The zero-order chi connectivity index (χ0) is 12.8. The zero-order valence-corrected chi connectivity index (χ0v) is 11.3. The van der Waals surface area contributed by atoms with Gasteiger partial charge in [0.05, 0.1) is 6.54 Å². The Morgan fingerprint density at radius 3 is 2.38 bits per heavy atom. The molecule has 0 bridgehead atoms. The summed E-state index contributed by atoms with van der Waals surface area (Å²) < 4.78 is 0. The van der Waals surface area contributed by atoms with Gasteiger partial charge < -0.3 is 11.1 Å². The van der Waals surface area contributed by atoms with E-state index in [1.54, 1.807) is 0 Å². The highest BCUT2D eigenvalue weighted by Gasteiger charge is 2.25. The number of amides is 1. The number of rotatable bonds is 7. The molecule has 1 unspecified atom stereocenters. The number of hydrogen-bond donors (Lipinski definition) is 2. The summed E-state index contributed by atoms with van der Waals surface area (Å²) in [5, 5.41) is 2.97. The number of carbonyl (C=O) groups excluding carboxylic acids is 1. The number of nitrogens with zero attached hydrogens (tertiary/aromatic N) is 1. The monoisotopic (exact) mass is 229 g/mol. The first-order valence-electron chi connectivity index (χ1n) is 6.11. The molecule has 3 N–H and O–H groups in total. The second-order valence-electron chi connectivity index (χ2n) is 4.91. The molecule has 0 aliphatic carbocycles.